The summed E-state index contributed by atoms with van der Waals surface area (Å²) in [6.45, 7) is 1.58. The highest BCUT2D eigenvalue weighted by Gasteiger charge is 2.23. The Labute approximate surface area is 118 Å². The van der Waals surface area contributed by atoms with Crippen molar-refractivity contribution in [2.45, 2.75) is 19.3 Å². The number of nitrogens with one attached hydrogen (secondary N) is 1. The quantitative estimate of drug-likeness (QED) is 0.855. The first-order valence-electron chi connectivity index (χ1n) is 6.94. The minimum atomic E-state index is -0.993. The Morgan fingerprint density at radius 2 is 1.85 bits per heavy atom. The second-order valence-corrected chi connectivity index (χ2v) is 5.11. The molecule has 0 radical (unpaired) electrons. The van der Waals surface area contributed by atoms with E-state index in [1.165, 1.54) is 4.90 Å². The topological polar surface area (TPSA) is 69.6 Å². The number of anilines is 1. The van der Waals surface area contributed by atoms with Crippen LogP contribution in [0.1, 0.15) is 19.3 Å². The molecule has 2 N–H and O–H groups in total. The number of hydrogen-bond donors (Lipinski definition) is 2. The lowest BCUT2D eigenvalue weighted by Gasteiger charge is -2.26. The van der Waals surface area contributed by atoms with Gasteiger partial charge < -0.3 is 15.3 Å². The molecule has 0 aliphatic carbocycles. The van der Waals surface area contributed by atoms with Gasteiger partial charge in [-0.3, -0.25) is 9.59 Å². The largest absolute Gasteiger partial charge is 0.480 e. The summed E-state index contributed by atoms with van der Waals surface area (Å²) >= 11 is 0. The Morgan fingerprint density at radius 3 is 2.45 bits per heavy atom. The predicted octanol–water partition coefficient (Wildman–Crippen LogP) is 1.49. The van der Waals surface area contributed by atoms with Crippen LogP contribution >= 0.6 is 0 Å². The van der Waals surface area contributed by atoms with Crippen LogP contribution in [0.25, 0.3) is 0 Å². The maximum absolute atomic E-state index is 12.4. The molecule has 0 bridgehead atoms. The fourth-order valence-corrected chi connectivity index (χ4v) is 2.51. The van der Waals surface area contributed by atoms with Crippen molar-refractivity contribution >= 4 is 17.6 Å². The van der Waals surface area contributed by atoms with Crippen LogP contribution in [0.5, 0.6) is 0 Å². The zero-order chi connectivity index (χ0) is 14.4. The number of carboxylic acids is 1. The number of carbonyl (C=O) groups excluding carboxylic acids is 1. The van der Waals surface area contributed by atoms with Gasteiger partial charge in [0.2, 0.25) is 5.91 Å². The number of carbonyl (C=O) groups is 2. The molecule has 0 saturated carbocycles. The van der Waals surface area contributed by atoms with E-state index >= 15 is 0 Å². The number of hydrogen-bond acceptors (Lipinski definition) is 3. The predicted molar refractivity (Wildman–Crippen MR) is 76.6 cm³/mol. The average Bonchev–Trinajstić information content (AvgIpc) is 2.46. The summed E-state index contributed by atoms with van der Waals surface area (Å²) in [4.78, 5) is 24.7. The summed E-state index contributed by atoms with van der Waals surface area (Å²) in [6.07, 6.45) is 2.37. The SMILES string of the molecule is O=C(O)CN(C(=O)CC1CCNCC1)c1ccccc1. The molecule has 1 aliphatic heterocycles. The normalized spacial score (nSPS) is 15.8. The third kappa shape index (κ3) is 4.06. The van der Waals surface area contributed by atoms with Crippen LogP contribution in [0, 0.1) is 5.92 Å². The minimum Gasteiger partial charge on any atom is -0.480 e. The molecule has 1 fully saturated rings. The van der Waals surface area contributed by atoms with E-state index in [4.69, 9.17) is 5.11 Å². The Hall–Kier alpha value is -1.88. The van der Waals surface area contributed by atoms with Crippen LogP contribution < -0.4 is 10.2 Å². The van der Waals surface area contributed by atoms with Crippen molar-refractivity contribution in [1.82, 2.24) is 5.32 Å². The Kier molecular flexibility index (Phi) is 5.12. The lowest BCUT2D eigenvalue weighted by Crippen LogP contribution is -2.38. The summed E-state index contributed by atoms with van der Waals surface area (Å²) in [6, 6.07) is 9.00. The van der Waals surface area contributed by atoms with Crippen LogP contribution in [-0.4, -0.2) is 36.6 Å². The van der Waals surface area contributed by atoms with Crippen molar-refractivity contribution in [2.24, 2.45) is 5.92 Å². The third-order valence-electron chi connectivity index (χ3n) is 3.58. The van der Waals surface area contributed by atoms with Crippen molar-refractivity contribution in [3.63, 3.8) is 0 Å². The van der Waals surface area contributed by atoms with E-state index in [1.807, 2.05) is 18.2 Å². The fraction of sp³-hybridized carbons (Fsp3) is 0.467. The van der Waals surface area contributed by atoms with Gasteiger partial charge in [-0.1, -0.05) is 18.2 Å². The van der Waals surface area contributed by atoms with Gasteiger partial charge in [-0.25, -0.2) is 0 Å². The first kappa shape index (κ1) is 14.5. The number of piperidine rings is 1. The molecule has 20 heavy (non-hydrogen) atoms. The number of rotatable bonds is 5. The van der Waals surface area contributed by atoms with Crippen LogP contribution in [0.3, 0.4) is 0 Å². The molecule has 0 unspecified atom stereocenters. The van der Waals surface area contributed by atoms with Crippen molar-refractivity contribution in [2.75, 3.05) is 24.5 Å². The maximum Gasteiger partial charge on any atom is 0.323 e. The third-order valence-corrected chi connectivity index (χ3v) is 3.58. The van der Waals surface area contributed by atoms with Crippen LogP contribution in [0.4, 0.5) is 5.69 Å². The maximum atomic E-state index is 12.4. The van der Waals surface area contributed by atoms with Gasteiger partial charge in [-0.15, -0.1) is 0 Å². The number of aliphatic carboxylic acids is 1. The average molecular weight is 276 g/mol. The minimum absolute atomic E-state index is 0.106. The Morgan fingerprint density at radius 1 is 1.20 bits per heavy atom. The van der Waals surface area contributed by atoms with Gasteiger partial charge in [0.25, 0.3) is 0 Å². The van der Waals surface area contributed by atoms with Crippen LogP contribution in [0.2, 0.25) is 0 Å². The summed E-state index contributed by atoms with van der Waals surface area (Å²) in [7, 11) is 0. The number of nitrogens with zero attached hydrogens (tertiary/aromatic N) is 1. The van der Waals surface area contributed by atoms with E-state index in [9.17, 15) is 9.59 Å². The van der Waals surface area contributed by atoms with Gasteiger partial charge in [-0.05, 0) is 44.0 Å². The summed E-state index contributed by atoms with van der Waals surface area (Å²) in [5, 5.41) is 12.3. The van der Waals surface area contributed by atoms with E-state index in [0.29, 0.717) is 18.0 Å². The second-order valence-electron chi connectivity index (χ2n) is 5.11. The summed E-state index contributed by atoms with van der Waals surface area (Å²) in [5.41, 5.74) is 0.647. The lowest BCUT2D eigenvalue weighted by molar-refractivity contribution is -0.136. The Balaban J connectivity index is 2.05. The monoisotopic (exact) mass is 276 g/mol. The molecule has 1 aliphatic rings. The van der Waals surface area contributed by atoms with E-state index in [0.717, 1.165) is 25.9 Å². The van der Waals surface area contributed by atoms with Gasteiger partial charge in [0.15, 0.2) is 0 Å². The first-order chi connectivity index (χ1) is 9.66. The second kappa shape index (κ2) is 7.05. The number of para-hydroxylation sites is 1. The lowest BCUT2D eigenvalue weighted by atomic mass is 9.94. The summed E-state index contributed by atoms with van der Waals surface area (Å²) < 4.78 is 0. The number of benzene rings is 1. The summed E-state index contributed by atoms with van der Waals surface area (Å²) in [5.74, 6) is -0.748. The van der Waals surface area contributed by atoms with Crippen molar-refractivity contribution in [3.8, 4) is 0 Å². The van der Waals surface area contributed by atoms with E-state index < -0.39 is 5.97 Å². The van der Waals surface area contributed by atoms with E-state index in [1.54, 1.807) is 12.1 Å². The van der Waals surface area contributed by atoms with Gasteiger partial charge in [-0.2, -0.15) is 0 Å². The Bertz CT molecular complexity index is 455. The molecule has 1 heterocycles. The smallest absolute Gasteiger partial charge is 0.323 e. The van der Waals surface area contributed by atoms with Gasteiger partial charge in [0.1, 0.15) is 6.54 Å². The first-order valence-corrected chi connectivity index (χ1v) is 6.94. The molecule has 1 aromatic carbocycles. The van der Waals surface area contributed by atoms with Crippen LogP contribution in [-0.2, 0) is 9.59 Å². The molecule has 5 nitrogen and oxygen atoms in total. The van der Waals surface area contributed by atoms with Crippen molar-refractivity contribution < 1.29 is 14.7 Å². The molecule has 2 rings (SSSR count). The van der Waals surface area contributed by atoms with Crippen molar-refractivity contribution in [3.05, 3.63) is 30.3 Å². The molecule has 5 heteroatoms. The molecule has 108 valence electrons. The molecule has 0 aromatic heterocycles. The molecular formula is C15H20N2O3. The van der Waals surface area contributed by atoms with E-state index in [-0.39, 0.29) is 12.5 Å². The molecular weight excluding hydrogens is 256 g/mol. The highest BCUT2D eigenvalue weighted by Crippen LogP contribution is 2.20. The highest BCUT2D eigenvalue weighted by atomic mass is 16.4. The number of amides is 1. The van der Waals surface area contributed by atoms with Gasteiger partial charge in [0.05, 0.1) is 0 Å². The van der Waals surface area contributed by atoms with Gasteiger partial charge >= 0.3 is 5.97 Å². The molecule has 1 amide bonds. The number of carboxylic acid groups (broad SMARTS) is 1. The molecule has 1 saturated heterocycles. The van der Waals surface area contributed by atoms with Gasteiger partial charge in [0, 0.05) is 12.1 Å². The molecule has 1 aromatic rings. The van der Waals surface area contributed by atoms with Crippen LogP contribution in [0.15, 0.2) is 30.3 Å². The van der Waals surface area contributed by atoms with Crippen molar-refractivity contribution in [1.29, 1.82) is 0 Å². The molecule has 0 spiro atoms. The zero-order valence-electron chi connectivity index (χ0n) is 11.4. The molecule has 0 atom stereocenters. The standard InChI is InChI=1S/C15H20N2O3/c18-14(10-12-6-8-16-9-7-12)17(11-15(19)20)13-4-2-1-3-5-13/h1-5,12,16H,6-11H2,(H,19,20). The highest BCUT2D eigenvalue weighted by molar-refractivity contribution is 5.97. The zero-order valence-corrected chi connectivity index (χ0v) is 11.4. The fourth-order valence-electron chi connectivity index (χ4n) is 2.51. The van der Waals surface area contributed by atoms with E-state index in [2.05, 4.69) is 5.32 Å².